The molecule has 4 aromatic rings. The average Bonchev–Trinajstić information content (AvgIpc) is 3.36. The lowest BCUT2D eigenvalue weighted by Gasteiger charge is -2.24. The largest absolute Gasteiger partial charge is 0.493 e. The molecule has 1 aliphatic rings. The van der Waals surface area contributed by atoms with Crippen LogP contribution < -0.4 is 14.8 Å². The summed E-state index contributed by atoms with van der Waals surface area (Å²) in [6.45, 7) is 0. The molecule has 7 nitrogen and oxygen atoms in total. The molecule has 0 bridgehead atoms. The molecule has 0 aliphatic carbocycles. The Morgan fingerprint density at radius 2 is 1.97 bits per heavy atom. The molecule has 5 rings (SSSR count). The van der Waals surface area contributed by atoms with E-state index in [0.29, 0.717) is 23.7 Å². The van der Waals surface area contributed by atoms with Crippen molar-refractivity contribution in [2.24, 2.45) is 0 Å². The molecule has 1 unspecified atom stereocenters. The van der Waals surface area contributed by atoms with Crippen LogP contribution in [0.25, 0.3) is 15.3 Å². The molecule has 29 heavy (non-hydrogen) atoms. The Balaban J connectivity index is 1.60. The van der Waals surface area contributed by atoms with Crippen LogP contribution in [-0.4, -0.2) is 34.9 Å². The smallest absolute Gasteiger partial charge is 0.226 e. The maximum Gasteiger partial charge on any atom is 0.226 e. The third-order valence-electron chi connectivity index (χ3n) is 5.09. The molecule has 2 aromatic heterocycles. The van der Waals surface area contributed by atoms with Crippen LogP contribution in [0.3, 0.4) is 0 Å². The van der Waals surface area contributed by atoms with E-state index in [1.807, 2.05) is 48.7 Å². The number of rotatable bonds is 4. The molecule has 1 N–H and O–H groups in total. The van der Waals surface area contributed by atoms with Gasteiger partial charge >= 0.3 is 0 Å². The number of hydrogen-bond donors (Lipinski definition) is 1. The SMILES string of the molecule is COc1ccc(C2CC(=O)Nc3c2cnn3-c2nc3ccccc3s2)cc1OC. The summed E-state index contributed by atoms with van der Waals surface area (Å²) in [5.74, 6) is 1.78. The highest BCUT2D eigenvalue weighted by Crippen LogP contribution is 2.41. The van der Waals surface area contributed by atoms with E-state index in [2.05, 4.69) is 15.4 Å². The van der Waals surface area contributed by atoms with Gasteiger partial charge in [-0.1, -0.05) is 29.5 Å². The fourth-order valence-corrected chi connectivity index (χ4v) is 4.61. The van der Waals surface area contributed by atoms with Crippen molar-refractivity contribution in [2.45, 2.75) is 12.3 Å². The molecule has 3 heterocycles. The second-order valence-corrected chi connectivity index (χ2v) is 7.75. The van der Waals surface area contributed by atoms with Crippen LogP contribution in [0.15, 0.2) is 48.7 Å². The van der Waals surface area contributed by atoms with Crippen molar-refractivity contribution in [2.75, 3.05) is 19.5 Å². The third-order valence-corrected chi connectivity index (χ3v) is 6.11. The highest BCUT2D eigenvalue weighted by atomic mass is 32.1. The highest BCUT2D eigenvalue weighted by molar-refractivity contribution is 7.20. The Morgan fingerprint density at radius 3 is 2.76 bits per heavy atom. The molecule has 1 aliphatic heterocycles. The van der Waals surface area contributed by atoms with Crippen LogP contribution in [0.1, 0.15) is 23.5 Å². The van der Waals surface area contributed by atoms with Crippen LogP contribution in [0, 0.1) is 0 Å². The second kappa shape index (κ2) is 6.89. The van der Waals surface area contributed by atoms with Crippen molar-refractivity contribution in [3.63, 3.8) is 0 Å². The number of ether oxygens (including phenoxy) is 2. The minimum Gasteiger partial charge on any atom is -0.493 e. The summed E-state index contributed by atoms with van der Waals surface area (Å²) < 4.78 is 13.6. The first kappa shape index (κ1) is 17.7. The Hall–Kier alpha value is -3.39. The zero-order valence-corrected chi connectivity index (χ0v) is 16.7. The zero-order chi connectivity index (χ0) is 20.0. The molecule has 146 valence electrons. The van der Waals surface area contributed by atoms with Crippen LogP contribution in [0.2, 0.25) is 0 Å². The molecule has 8 heteroatoms. The van der Waals surface area contributed by atoms with Crippen molar-refractivity contribution in [1.82, 2.24) is 14.8 Å². The zero-order valence-electron chi connectivity index (χ0n) is 15.9. The summed E-state index contributed by atoms with van der Waals surface area (Å²) in [6.07, 6.45) is 2.15. The van der Waals surface area contributed by atoms with Gasteiger partial charge in [0.25, 0.3) is 0 Å². The number of carbonyl (C=O) groups is 1. The molecular weight excluding hydrogens is 388 g/mol. The van der Waals surface area contributed by atoms with Crippen LogP contribution in [-0.2, 0) is 4.79 Å². The Morgan fingerprint density at radius 1 is 1.14 bits per heavy atom. The van der Waals surface area contributed by atoms with E-state index in [9.17, 15) is 4.79 Å². The summed E-state index contributed by atoms with van der Waals surface area (Å²) in [5, 5.41) is 8.24. The summed E-state index contributed by atoms with van der Waals surface area (Å²) in [4.78, 5) is 17.2. The topological polar surface area (TPSA) is 78.3 Å². The van der Waals surface area contributed by atoms with E-state index in [-0.39, 0.29) is 11.8 Å². The number of nitrogens with zero attached hydrogens (tertiary/aromatic N) is 3. The van der Waals surface area contributed by atoms with E-state index in [1.54, 1.807) is 18.9 Å². The van der Waals surface area contributed by atoms with Gasteiger partial charge in [0, 0.05) is 17.9 Å². The number of carbonyl (C=O) groups excluding carboxylic acids is 1. The Kier molecular flexibility index (Phi) is 4.21. The van der Waals surface area contributed by atoms with E-state index >= 15 is 0 Å². The summed E-state index contributed by atoms with van der Waals surface area (Å²) in [6, 6.07) is 13.7. The number of methoxy groups -OCH3 is 2. The lowest BCUT2D eigenvalue weighted by Crippen LogP contribution is -2.24. The number of hydrogen-bond acceptors (Lipinski definition) is 6. The van der Waals surface area contributed by atoms with Gasteiger partial charge in [0.2, 0.25) is 11.0 Å². The fourth-order valence-electron chi connectivity index (χ4n) is 3.68. The van der Waals surface area contributed by atoms with Gasteiger partial charge in [0.15, 0.2) is 11.5 Å². The first-order chi connectivity index (χ1) is 14.2. The monoisotopic (exact) mass is 406 g/mol. The van der Waals surface area contributed by atoms with Crippen molar-refractivity contribution >= 4 is 33.3 Å². The van der Waals surface area contributed by atoms with E-state index in [4.69, 9.17) is 9.47 Å². The van der Waals surface area contributed by atoms with E-state index < -0.39 is 0 Å². The molecule has 0 fully saturated rings. The van der Waals surface area contributed by atoms with Gasteiger partial charge in [-0.15, -0.1) is 0 Å². The molecule has 0 spiro atoms. The van der Waals surface area contributed by atoms with Gasteiger partial charge in [-0.2, -0.15) is 9.78 Å². The van der Waals surface area contributed by atoms with Gasteiger partial charge in [-0.05, 0) is 29.8 Å². The number of anilines is 1. The standard InChI is InChI=1S/C21H18N4O3S/c1-27-16-8-7-12(9-17(16)28-2)13-10-19(26)24-20-14(13)11-22-25(20)21-23-15-5-3-4-6-18(15)29-21/h3-9,11,13H,10H2,1-2H3,(H,24,26). The molecule has 0 saturated carbocycles. The van der Waals surface area contributed by atoms with E-state index in [0.717, 1.165) is 26.5 Å². The molecule has 0 saturated heterocycles. The highest BCUT2D eigenvalue weighted by Gasteiger charge is 2.31. The predicted molar refractivity (Wildman–Crippen MR) is 111 cm³/mol. The lowest BCUT2D eigenvalue weighted by molar-refractivity contribution is -0.116. The van der Waals surface area contributed by atoms with Crippen LogP contribution in [0.4, 0.5) is 5.82 Å². The quantitative estimate of drug-likeness (QED) is 0.555. The van der Waals surface area contributed by atoms with Gasteiger partial charge in [-0.25, -0.2) is 4.98 Å². The van der Waals surface area contributed by atoms with Gasteiger partial charge in [0.05, 0.1) is 30.6 Å². The van der Waals surface area contributed by atoms with E-state index in [1.165, 1.54) is 11.3 Å². The Bertz CT molecular complexity index is 1200. The maximum atomic E-state index is 12.5. The molecule has 1 atom stereocenters. The van der Waals surface area contributed by atoms with Gasteiger partial charge < -0.3 is 14.8 Å². The normalized spacial score (nSPS) is 15.8. The number of aromatic nitrogens is 3. The Labute approximate surface area is 170 Å². The summed E-state index contributed by atoms with van der Waals surface area (Å²) >= 11 is 1.54. The number of benzene rings is 2. The number of para-hydroxylation sites is 1. The lowest BCUT2D eigenvalue weighted by atomic mass is 9.87. The van der Waals surface area contributed by atoms with Gasteiger partial charge in [0.1, 0.15) is 5.82 Å². The number of thiazole rings is 1. The summed E-state index contributed by atoms with van der Waals surface area (Å²) in [5.41, 5.74) is 2.84. The summed E-state index contributed by atoms with van der Waals surface area (Å²) in [7, 11) is 3.21. The first-order valence-corrected chi connectivity index (χ1v) is 9.95. The minimum atomic E-state index is -0.123. The minimum absolute atomic E-state index is 0.0554. The van der Waals surface area contributed by atoms with Gasteiger partial charge in [-0.3, -0.25) is 4.79 Å². The molecule has 1 amide bonds. The van der Waals surface area contributed by atoms with Crippen LogP contribution in [0.5, 0.6) is 11.5 Å². The van der Waals surface area contributed by atoms with Crippen molar-refractivity contribution < 1.29 is 14.3 Å². The molecule has 0 radical (unpaired) electrons. The third kappa shape index (κ3) is 2.92. The number of amides is 1. The molecule has 2 aromatic carbocycles. The molecular formula is C21H18N4O3S. The number of nitrogens with one attached hydrogen (secondary N) is 1. The van der Waals surface area contributed by atoms with Crippen molar-refractivity contribution in [1.29, 1.82) is 0 Å². The predicted octanol–water partition coefficient (Wildman–Crippen LogP) is 3.97. The van der Waals surface area contributed by atoms with Crippen molar-refractivity contribution in [3.05, 3.63) is 59.8 Å². The number of fused-ring (bicyclic) bond motifs is 2. The average molecular weight is 406 g/mol. The first-order valence-electron chi connectivity index (χ1n) is 9.13. The maximum absolute atomic E-state index is 12.5. The fraction of sp³-hybridized carbons (Fsp3) is 0.190. The van der Waals surface area contributed by atoms with Crippen LogP contribution >= 0.6 is 11.3 Å². The second-order valence-electron chi connectivity index (χ2n) is 6.74. The van der Waals surface area contributed by atoms with Crippen molar-refractivity contribution in [3.8, 4) is 16.6 Å².